The van der Waals surface area contributed by atoms with Gasteiger partial charge < -0.3 is 31.9 Å². The largest absolute Gasteiger partial charge is 0.369 e. The predicted molar refractivity (Wildman–Crippen MR) is 165 cm³/mol. The van der Waals surface area contributed by atoms with Crippen molar-refractivity contribution in [3.05, 3.63) is 35.4 Å². The molecule has 0 aromatic heterocycles. The van der Waals surface area contributed by atoms with Crippen molar-refractivity contribution in [2.45, 2.75) is 65.2 Å². The molecule has 2 fully saturated rings. The van der Waals surface area contributed by atoms with E-state index >= 15 is 0 Å². The Bertz CT molecular complexity index is 1130. The van der Waals surface area contributed by atoms with Crippen LogP contribution in [0.15, 0.2) is 24.3 Å². The zero-order valence-electron chi connectivity index (χ0n) is 26.0. The van der Waals surface area contributed by atoms with Gasteiger partial charge in [-0.3, -0.25) is 28.8 Å². The molecule has 242 valence electrons. The number of rotatable bonds is 16. The Morgan fingerprint density at radius 3 is 1.25 bits per heavy atom. The molecule has 4 atom stereocenters. The Morgan fingerprint density at radius 1 is 0.591 bits per heavy atom. The summed E-state index contributed by atoms with van der Waals surface area (Å²) in [5.74, 6) is -5.60. The van der Waals surface area contributed by atoms with E-state index in [0.29, 0.717) is 18.7 Å². The standard InChI is InChI=1S/C32H48N6O6/c1-3-5-7-9-15-35-29(41)25-19-38(20-26(25)30(42)36-16-10-8-6-4-2)32(44)22-13-11-21(12-14-22)31(43)37-17-23(27(33)39)24(18-37)28(34)40/h11-14,23-26H,3-10,15-20H2,1-2H3,(H2,33,39)(H2,34,40)(H,35,41)(H,36,42)/t23-,24-,25-,26-/m1/s1. The minimum Gasteiger partial charge on any atom is -0.369 e. The Hall–Kier alpha value is -3.96. The van der Waals surface area contributed by atoms with E-state index in [2.05, 4.69) is 24.5 Å². The third-order valence-corrected chi connectivity index (χ3v) is 8.66. The maximum absolute atomic E-state index is 13.5. The molecular formula is C32H48N6O6. The van der Waals surface area contributed by atoms with Crippen molar-refractivity contribution >= 4 is 35.4 Å². The second kappa shape index (κ2) is 16.8. The lowest BCUT2D eigenvalue weighted by atomic mass is 9.94. The number of amides is 6. The zero-order valence-corrected chi connectivity index (χ0v) is 26.0. The number of carbonyl (C=O) groups excluding carboxylic acids is 6. The van der Waals surface area contributed by atoms with Crippen molar-refractivity contribution in [2.75, 3.05) is 39.3 Å². The average Bonchev–Trinajstić information content (AvgIpc) is 3.66. The van der Waals surface area contributed by atoms with Crippen LogP contribution in [0.5, 0.6) is 0 Å². The highest BCUT2D eigenvalue weighted by atomic mass is 16.2. The van der Waals surface area contributed by atoms with Crippen molar-refractivity contribution in [3.63, 3.8) is 0 Å². The van der Waals surface area contributed by atoms with Gasteiger partial charge in [0, 0.05) is 50.4 Å². The number of hydrogen-bond donors (Lipinski definition) is 4. The first-order valence-corrected chi connectivity index (χ1v) is 15.9. The molecule has 44 heavy (non-hydrogen) atoms. The van der Waals surface area contributed by atoms with Crippen LogP contribution in [0, 0.1) is 23.7 Å². The number of nitrogens with two attached hydrogens (primary N) is 2. The van der Waals surface area contributed by atoms with Crippen molar-refractivity contribution in [2.24, 2.45) is 35.1 Å². The number of primary amides is 2. The molecule has 12 nitrogen and oxygen atoms in total. The molecule has 12 heteroatoms. The van der Waals surface area contributed by atoms with Gasteiger partial charge in [-0.1, -0.05) is 52.4 Å². The third kappa shape index (κ3) is 9.03. The van der Waals surface area contributed by atoms with E-state index in [-0.39, 0.29) is 49.5 Å². The van der Waals surface area contributed by atoms with Crippen molar-refractivity contribution in [1.82, 2.24) is 20.4 Å². The monoisotopic (exact) mass is 612 g/mol. The Balaban J connectivity index is 1.66. The normalized spacial score (nSPS) is 21.2. The molecule has 1 aromatic rings. The van der Waals surface area contributed by atoms with E-state index in [0.717, 1.165) is 51.4 Å². The van der Waals surface area contributed by atoms with Gasteiger partial charge in [-0.25, -0.2) is 0 Å². The molecule has 0 aliphatic carbocycles. The van der Waals surface area contributed by atoms with E-state index in [1.54, 1.807) is 0 Å². The van der Waals surface area contributed by atoms with Gasteiger partial charge in [-0.05, 0) is 37.1 Å². The number of nitrogens with one attached hydrogen (secondary N) is 2. The molecule has 2 aliphatic rings. The second-order valence-electron chi connectivity index (χ2n) is 11.9. The number of likely N-dealkylation sites (tertiary alicyclic amines) is 2. The molecule has 0 spiro atoms. The lowest BCUT2D eigenvalue weighted by Gasteiger charge is -2.18. The highest BCUT2D eigenvalue weighted by Gasteiger charge is 2.44. The lowest BCUT2D eigenvalue weighted by Crippen LogP contribution is -2.42. The van der Waals surface area contributed by atoms with Gasteiger partial charge in [-0.2, -0.15) is 0 Å². The Labute approximate surface area is 259 Å². The summed E-state index contributed by atoms with van der Waals surface area (Å²) in [5, 5.41) is 5.92. The average molecular weight is 613 g/mol. The number of nitrogens with zero attached hydrogens (tertiary/aromatic N) is 2. The highest BCUT2D eigenvalue weighted by molar-refractivity contribution is 6.00. The summed E-state index contributed by atoms with van der Waals surface area (Å²) in [6.45, 7) is 5.50. The second-order valence-corrected chi connectivity index (χ2v) is 11.9. The van der Waals surface area contributed by atoms with Gasteiger partial charge in [-0.15, -0.1) is 0 Å². The van der Waals surface area contributed by atoms with Gasteiger partial charge in [0.1, 0.15) is 0 Å². The third-order valence-electron chi connectivity index (χ3n) is 8.66. The topological polar surface area (TPSA) is 185 Å². The van der Waals surface area contributed by atoms with E-state index in [4.69, 9.17) is 11.5 Å². The first kappa shape index (κ1) is 34.5. The summed E-state index contributed by atoms with van der Waals surface area (Å²) < 4.78 is 0. The van der Waals surface area contributed by atoms with Gasteiger partial charge >= 0.3 is 0 Å². The molecule has 0 radical (unpaired) electrons. The van der Waals surface area contributed by atoms with Crippen LogP contribution in [0.2, 0.25) is 0 Å². The summed E-state index contributed by atoms with van der Waals surface area (Å²) in [6, 6.07) is 6.05. The smallest absolute Gasteiger partial charge is 0.253 e. The maximum Gasteiger partial charge on any atom is 0.253 e. The molecule has 1 aromatic carbocycles. The molecule has 3 rings (SSSR count). The lowest BCUT2D eigenvalue weighted by molar-refractivity contribution is -0.132. The predicted octanol–water partition coefficient (Wildman–Crippen LogP) is 1.43. The molecule has 6 amide bonds. The van der Waals surface area contributed by atoms with E-state index in [9.17, 15) is 28.8 Å². The van der Waals surface area contributed by atoms with Crippen LogP contribution in [0.4, 0.5) is 0 Å². The summed E-state index contributed by atoms with van der Waals surface area (Å²) >= 11 is 0. The molecule has 2 saturated heterocycles. The molecule has 0 unspecified atom stereocenters. The van der Waals surface area contributed by atoms with Crippen molar-refractivity contribution in [1.29, 1.82) is 0 Å². The fraction of sp³-hybridized carbons (Fsp3) is 0.625. The Kier molecular flexibility index (Phi) is 13.2. The molecule has 0 saturated carbocycles. The molecule has 2 aliphatic heterocycles. The van der Waals surface area contributed by atoms with Gasteiger partial charge in [0.05, 0.1) is 23.7 Å². The summed E-state index contributed by atoms with van der Waals surface area (Å²) in [7, 11) is 0. The number of hydrogen-bond acceptors (Lipinski definition) is 6. The highest BCUT2D eigenvalue weighted by Crippen LogP contribution is 2.27. The fourth-order valence-electron chi connectivity index (χ4n) is 5.96. The van der Waals surface area contributed by atoms with Crippen LogP contribution < -0.4 is 22.1 Å². The SMILES string of the molecule is CCCCCCNC(=O)[C@@H]1CN(C(=O)c2ccc(C(=O)N3C[C@@H](C(N)=O)[C@H](C(N)=O)C3)cc2)C[C@H]1C(=O)NCCCCCC. The fourth-order valence-corrected chi connectivity index (χ4v) is 5.96. The van der Waals surface area contributed by atoms with Crippen molar-refractivity contribution in [3.8, 4) is 0 Å². The minimum absolute atomic E-state index is 0.0135. The first-order chi connectivity index (χ1) is 21.1. The van der Waals surface area contributed by atoms with Crippen LogP contribution in [0.25, 0.3) is 0 Å². The first-order valence-electron chi connectivity index (χ1n) is 15.9. The van der Waals surface area contributed by atoms with Crippen LogP contribution in [0.3, 0.4) is 0 Å². The summed E-state index contributed by atoms with van der Waals surface area (Å²) in [4.78, 5) is 79.3. The molecular weight excluding hydrogens is 564 g/mol. The van der Waals surface area contributed by atoms with Crippen LogP contribution >= 0.6 is 0 Å². The van der Waals surface area contributed by atoms with Crippen molar-refractivity contribution < 1.29 is 28.8 Å². The van der Waals surface area contributed by atoms with E-state index in [1.807, 2.05) is 0 Å². The Morgan fingerprint density at radius 2 is 0.932 bits per heavy atom. The minimum atomic E-state index is -0.851. The molecule has 2 heterocycles. The van der Waals surface area contributed by atoms with Crippen LogP contribution in [-0.2, 0) is 19.2 Å². The van der Waals surface area contributed by atoms with Gasteiger partial charge in [0.15, 0.2) is 0 Å². The van der Waals surface area contributed by atoms with Crippen LogP contribution in [-0.4, -0.2) is 84.5 Å². The van der Waals surface area contributed by atoms with Gasteiger partial charge in [0.25, 0.3) is 11.8 Å². The summed E-state index contributed by atoms with van der Waals surface area (Å²) in [6.07, 6.45) is 8.11. The van der Waals surface area contributed by atoms with Gasteiger partial charge in [0.2, 0.25) is 23.6 Å². The number of unbranched alkanes of at least 4 members (excludes halogenated alkanes) is 6. The quantitative estimate of drug-likeness (QED) is 0.205. The summed E-state index contributed by atoms with van der Waals surface area (Å²) in [5.41, 5.74) is 11.4. The molecule has 6 N–H and O–H groups in total. The maximum atomic E-state index is 13.5. The zero-order chi connectivity index (χ0) is 32.2. The van der Waals surface area contributed by atoms with E-state index in [1.165, 1.54) is 34.1 Å². The number of carbonyl (C=O) groups is 6. The number of benzene rings is 1. The van der Waals surface area contributed by atoms with E-state index < -0.39 is 41.4 Å². The van der Waals surface area contributed by atoms with Crippen LogP contribution in [0.1, 0.15) is 85.9 Å². The molecule has 0 bridgehead atoms.